The SMILES string of the molecule is CC[C@]1(C)CC1(C)c1ccccc1C(N=C(C)N)=Nc1ccc(C#N)cc1C. The highest BCUT2D eigenvalue weighted by Crippen LogP contribution is 2.66. The van der Waals surface area contributed by atoms with Gasteiger partial charge in [0.15, 0.2) is 5.84 Å². The van der Waals surface area contributed by atoms with Crippen molar-refractivity contribution in [1.82, 2.24) is 0 Å². The summed E-state index contributed by atoms with van der Waals surface area (Å²) in [4.78, 5) is 9.44. The van der Waals surface area contributed by atoms with Gasteiger partial charge in [0.2, 0.25) is 0 Å². The van der Waals surface area contributed by atoms with Gasteiger partial charge in [-0.2, -0.15) is 5.26 Å². The maximum Gasteiger partial charge on any atom is 0.162 e. The second kappa shape index (κ2) is 7.24. The van der Waals surface area contributed by atoms with E-state index in [2.05, 4.69) is 50.0 Å². The molecule has 2 aromatic rings. The zero-order valence-electron chi connectivity index (χ0n) is 17.4. The summed E-state index contributed by atoms with van der Waals surface area (Å²) in [6.07, 6.45) is 2.29. The highest BCUT2D eigenvalue weighted by Gasteiger charge is 2.60. The third kappa shape index (κ3) is 3.45. The van der Waals surface area contributed by atoms with Crippen LogP contribution >= 0.6 is 0 Å². The summed E-state index contributed by atoms with van der Waals surface area (Å²) in [6, 6.07) is 16.0. The minimum atomic E-state index is 0.108. The number of hydrogen-bond acceptors (Lipinski definition) is 2. The van der Waals surface area contributed by atoms with Crippen LogP contribution in [0.3, 0.4) is 0 Å². The summed E-state index contributed by atoms with van der Waals surface area (Å²) in [6.45, 7) is 10.7. The van der Waals surface area contributed by atoms with Crippen molar-refractivity contribution in [1.29, 1.82) is 5.26 Å². The number of hydrogen-bond donors (Lipinski definition) is 1. The topological polar surface area (TPSA) is 74.5 Å². The van der Waals surface area contributed by atoms with Crippen LogP contribution in [0.1, 0.15) is 62.8 Å². The maximum absolute atomic E-state index is 9.11. The van der Waals surface area contributed by atoms with Gasteiger partial charge >= 0.3 is 0 Å². The molecule has 1 unspecified atom stereocenters. The predicted octanol–water partition coefficient (Wildman–Crippen LogP) is 5.40. The number of nitrogens with zero attached hydrogens (tertiary/aromatic N) is 3. The summed E-state index contributed by atoms with van der Waals surface area (Å²) >= 11 is 0. The first kappa shape index (κ1) is 19.8. The Balaban J connectivity index is 2.16. The highest BCUT2D eigenvalue weighted by molar-refractivity contribution is 6.08. The largest absolute Gasteiger partial charge is 0.387 e. The fraction of sp³-hybridized carbons (Fsp3) is 0.375. The molecule has 2 aromatic carbocycles. The van der Waals surface area contributed by atoms with Gasteiger partial charge in [-0.1, -0.05) is 45.0 Å². The number of aliphatic imine (C=N–C) groups is 2. The van der Waals surface area contributed by atoms with Gasteiger partial charge in [0, 0.05) is 5.56 Å². The monoisotopic (exact) mass is 372 g/mol. The third-order valence-corrected chi connectivity index (χ3v) is 6.33. The lowest BCUT2D eigenvalue weighted by atomic mass is 9.84. The number of rotatable bonds is 4. The number of amidine groups is 2. The smallest absolute Gasteiger partial charge is 0.162 e. The van der Waals surface area contributed by atoms with E-state index >= 15 is 0 Å². The Morgan fingerprint density at radius 3 is 2.50 bits per heavy atom. The Labute approximate surface area is 167 Å². The molecule has 2 N–H and O–H groups in total. The van der Waals surface area contributed by atoms with Crippen LogP contribution in [0.2, 0.25) is 0 Å². The normalized spacial score (nSPS) is 24.7. The molecule has 0 spiro atoms. The first-order valence-corrected chi connectivity index (χ1v) is 9.74. The number of nitriles is 1. The van der Waals surface area contributed by atoms with Gasteiger partial charge in [-0.05, 0) is 66.8 Å². The van der Waals surface area contributed by atoms with E-state index in [1.54, 1.807) is 13.0 Å². The van der Waals surface area contributed by atoms with Gasteiger partial charge in [-0.15, -0.1) is 0 Å². The fourth-order valence-electron chi connectivity index (χ4n) is 4.11. The third-order valence-electron chi connectivity index (χ3n) is 6.33. The zero-order valence-corrected chi connectivity index (χ0v) is 17.4. The van der Waals surface area contributed by atoms with Crippen molar-refractivity contribution in [3.05, 3.63) is 64.7 Å². The molecule has 0 heterocycles. The van der Waals surface area contributed by atoms with E-state index in [1.165, 1.54) is 5.56 Å². The zero-order chi connectivity index (χ0) is 20.5. The minimum Gasteiger partial charge on any atom is -0.387 e. The number of aryl methyl sites for hydroxylation is 1. The van der Waals surface area contributed by atoms with E-state index in [0.717, 1.165) is 29.7 Å². The molecule has 4 nitrogen and oxygen atoms in total. The first-order valence-electron chi connectivity index (χ1n) is 9.74. The molecule has 144 valence electrons. The van der Waals surface area contributed by atoms with Crippen LogP contribution in [0.5, 0.6) is 0 Å². The summed E-state index contributed by atoms with van der Waals surface area (Å²) in [5.74, 6) is 1.09. The summed E-state index contributed by atoms with van der Waals surface area (Å²) < 4.78 is 0. The lowest BCUT2D eigenvalue weighted by Crippen LogP contribution is -2.17. The molecule has 0 saturated heterocycles. The second-order valence-corrected chi connectivity index (χ2v) is 8.27. The molecule has 28 heavy (non-hydrogen) atoms. The van der Waals surface area contributed by atoms with Gasteiger partial charge in [-0.3, -0.25) is 0 Å². The van der Waals surface area contributed by atoms with Crippen molar-refractivity contribution in [2.24, 2.45) is 21.1 Å². The van der Waals surface area contributed by atoms with E-state index in [9.17, 15) is 0 Å². The van der Waals surface area contributed by atoms with Crippen LogP contribution in [0, 0.1) is 23.7 Å². The predicted molar refractivity (Wildman–Crippen MR) is 116 cm³/mol. The Kier molecular flexibility index (Phi) is 5.12. The summed E-state index contributed by atoms with van der Waals surface area (Å²) in [7, 11) is 0. The van der Waals surface area contributed by atoms with Crippen LogP contribution in [-0.2, 0) is 5.41 Å². The van der Waals surface area contributed by atoms with Crippen molar-refractivity contribution in [2.75, 3.05) is 0 Å². The van der Waals surface area contributed by atoms with E-state index in [-0.39, 0.29) is 5.41 Å². The summed E-state index contributed by atoms with van der Waals surface area (Å²) in [5.41, 5.74) is 11.0. The Morgan fingerprint density at radius 1 is 1.21 bits per heavy atom. The van der Waals surface area contributed by atoms with Crippen molar-refractivity contribution in [3.8, 4) is 6.07 Å². The molecule has 1 aliphatic carbocycles. The van der Waals surface area contributed by atoms with Crippen molar-refractivity contribution >= 4 is 17.4 Å². The Bertz CT molecular complexity index is 1010. The van der Waals surface area contributed by atoms with Crippen LogP contribution < -0.4 is 5.73 Å². The standard InChI is InChI=1S/C24H28N4/c1-6-23(4)15-24(23,5)20-10-8-7-9-19(20)22(27-17(3)26)28-21-12-11-18(14-25)13-16(21)2/h7-13H,6,15H2,1-5H3,(H2,26,27,28)/t23-,24?/m1/s1. The minimum absolute atomic E-state index is 0.108. The molecule has 3 rings (SSSR count). The molecule has 1 saturated carbocycles. The molecule has 0 radical (unpaired) electrons. The van der Waals surface area contributed by atoms with Crippen LogP contribution in [0.15, 0.2) is 52.4 Å². The maximum atomic E-state index is 9.11. The second-order valence-electron chi connectivity index (χ2n) is 8.27. The summed E-state index contributed by atoms with van der Waals surface area (Å²) in [5, 5.41) is 9.11. The van der Waals surface area contributed by atoms with Gasteiger partial charge in [0.1, 0.15) is 0 Å². The number of benzene rings is 2. The van der Waals surface area contributed by atoms with Crippen molar-refractivity contribution in [2.45, 2.75) is 52.9 Å². The van der Waals surface area contributed by atoms with E-state index in [1.807, 2.05) is 25.1 Å². The van der Waals surface area contributed by atoms with E-state index in [4.69, 9.17) is 16.0 Å². The first-order chi connectivity index (χ1) is 13.2. The van der Waals surface area contributed by atoms with Gasteiger partial charge in [-0.25, -0.2) is 9.98 Å². The van der Waals surface area contributed by atoms with Gasteiger partial charge in [0.25, 0.3) is 0 Å². The highest BCUT2D eigenvalue weighted by atomic mass is 15.0. The Hall–Kier alpha value is -2.93. The molecule has 0 aromatic heterocycles. The molecular weight excluding hydrogens is 344 g/mol. The van der Waals surface area contributed by atoms with Crippen LogP contribution in [-0.4, -0.2) is 11.7 Å². The molecule has 1 aliphatic rings. The molecular formula is C24H28N4. The molecule has 4 heteroatoms. The molecule has 2 atom stereocenters. The number of nitrogens with two attached hydrogens (primary N) is 1. The lowest BCUT2D eigenvalue weighted by Gasteiger charge is -2.21. The van der Waals surface area contributed by atoms with Crippen molar-refractivity contribution < 1.29 is 0 Å². The molecule has 0 amide bonds. The molecule has 0 aliphatic heterocycles. The van der Waals surface area contributed by atoms with E-state index < -0.39 is 0 Å². The fourth-order valence-corrected chi connectivity index (χ4v) is 4.11. The van der Waals surface area contributed by atoms with Crippen LogP contribution in [0.4, 0.5) is 5.69 Å². The van der Waals surface area contributed by atoms with Crippen LogP contribution in [0.25, 0.3) is 0 Å². The van der Waals surface area contributed by atoms with Gasteiger partial charge in [0.05, 0.1) is 23.2 Å². The average Bonchev–Trinajstić information content (AvgIpc) is 3.25. The van der Waals surface area contributed by atoms with Crippen molar-refractivity contribution in [3.63, 3.8) is 0 Å². The van der Waals surface area contributed by atoms with E-state index in [0.29, 0.717) is 22.6 Å². The lowest BCUT2D eigenvalue weighted by molar-refractivity contribution is 0.461. The average molecular weight is 373 g/mol. The molecule has 1 fully saturated rings. The Morgan fingerprint density at radius 2 is 1.93 bits per heavy atom. The van der Waals surface area contributed by atoms with Gasteiger partial charge < -0.3 is 5.73 Å². The molecule has 0 bridgehead atoms. The quantitative estimate of drug-likeness (QED) is 0.576.